The third kappa shape index (κ3) is 4.18. The first-order valence-electron chi connectivity index (χ1n) is 9.78. The second kappa shape index (κ2) is 8.26. The quantitative estimate of drug-likeness (QED) is 0.508. The van der Waals surface area contributed by atoms with Crippen molar-refractivity contribution in [1.29, 1.82) is 0 Å². The average molecular weight is 389 g/mol. The molecule has 2 aromatic heterocycles. The number of hydrogen-bond donors (Lipinski definition) is 2. The van der Waals surface area contributed by atoms with Crippen LogP contribution in [0.1, 0.15) is 24.5 Å². The summed E-state index contributed by atoms with van der Waals surface area (Å²) in [4.78, 5) is 36.1. The number of fused-ring (bicyclic) bond motifs is 2. The van der Waals surface area contributed by atoms with Crippen LogP contribution in [0, 0.1) is 6.92 Å². The maximum atomic E-state index is 12.2. The van der Waals surface area contributed by atoms with Gasteiger partial charge in [-0.05, 0) is 37.6 Å². The number of carbonyl (C=O) groups excluding carboxylic acids is 1. The highest BCUT2D eigenvalue weighted by molar-refractivity contribution is 5.78. The van der Waals surface area contributed by atoms with E-state index in [2.05, 4.69) is 24.8 Å². The number of carbonyl (C=O) groups is 1. The highest BCUT2D eigenvalue weighted by atomic mass is 16.1. The third-order valence-electron chi connectivity index (χ3n) is 4.98. The standard InChI is InChI=1S/C22H23N5O2/c1-15-24-18-9-4-5-10-19(18)27(15)14-13-23-21(28)12-6-11-20-25-17-8-3-2-7-16(17)22(29)26-20/h2-5,7-10H,6,11-14H2,1H3,(H,23,28)(H,25,26,29). The summed E-state index contributed by atoms with van der Waals surface area (Å²) in [5, 5.41) is 3.54. The van der Waals surface area contributed by atoms with Gasteiger partial charge in [0, 0.05) is 25.9 Å². The van der Waals surface area contributed by atoms with Crippen LogP contribution < -0.4 is 10.9 Å². The van der Waals surface area contributed by atoms with Gasteiger partial charge in [0.1, 0.15) is 11.6 Å². The van der Waals surface area contributed by atoms with Gasteiger partial charge in [-0.2, -0.15) is 0 Å². The predicted molar refractivity (Wildman–Crippen MR) is 113 cm³/mol. The molecule has 0 spiro atoms. The summed E-state index contributed by atoms with van der Waals surface area (Å²) < 4.78 is 2.11. The SMILES string of the molecule is Cc1nc2ccccc2n1CCNC(=O)CCCc1nc2ccccc2c(=O)[nH]1. The number of nitrogens with one attached hydrogen (secondary N) is 2. The molecule has 0 aliphatic carbocycles. The predicted octanol–water partition coefficient (Wildman–Crippen LogP) is 2.72. The van der Waals surface area contributed by atoms with Crippen LogP contribution in [0.3, 0.4) is 0 Å². The number of rotatable bonds is 7. The van der Waals surface area contributed by atoms with Crippen molar-refractivity contribution >= 4 is 27.8 Å². The van der Waals surface area contributed by atoms with Crippen molar-refractivity contribution in [1.82, 2.24) is 24.8 Å². The Morgan fingerprint density at radius 3 is 2.69 bits per heavy atom. The van der Waals surface area contributed by atoms with E-state index in [1.54, 1.807) is 6.07 Å². The number of para-hydroxylation sites is 3. The molecule has 2 heterocycles. The number of aromatic amines is 1. The van der Waals surface area contributed by atoms with Gasteiger partial charge in [0.15, 0.2) is 0 Å². The molecular weight excluding hydrogens is 366 g/mol. The highest BCUT2D eigenvalue weighted by Gasteiger charge is 2.08. The van der Waals surface area contributed by atoms with Crippen LogP contribution in [0.5, 0.6) is 0 Å². The molecule has 29 heavy (non-hydrogen) atoms. The molecule has 7 nitrogen and oxygen atoms in total. The molecule has 1 amide bonds. The second-order valence-electron chi connectivity index (χ2n) is 7.03. The second-order valence-corrected chi connectivity index (χ2v) is 7.03. The van der Waals surface area contributed by atoms with Gasteiger partial charge >= 0.3 is 0 Å². The van der Waals surface area contributed by atoms with Gasteiger partial charge in [0.05, 0.1) is 21.9 Å². The van der Waals surface area contributed by atoms with Crippen LogP contribution in [0.4, 0.5) is 0 Å². The number of nitrogens with zero attached hydrogens (tertiary/aromatic N) is 3. The molecule has 0 saturated heterocycles. The molecule has 0 fully saturated rings. The summed E-state index contributed by atoms with van der Waals surface area (Å²) in [5.74, 6) is 1.55. The third-order valence-corrected chi connectivity index (χ3v) is 4.98. The van der Waals surface area contributed by atoms with E-state index in [-0.39, 0.29) is 11.5 Å². The van der Waals surface area contributed by atoms with E-state index in [1.807, 2.05) is 49.4 Å². The number of aryl methyl sites for hydroxylation is 2. The molecule has 7 heteroatoms. The minimum Gasteiger partial charge on any atom is -0.354 e. The molecule has 0 radical (unpaired) electrons. The molecule has 0 saturated carbocycles. The molecule has 0 aliphatic heterocycles. The number of amides is 1. The monoisotopic (exact) mass is 389 g/mol. The van der Waals surface area contributed by atoms with Crippen LogP contribution in [0.15, 0.2) is 53.3 Å². The Morgan fingerprint density at radius 2 is 1.83 bits per heavy atom. The van der Waals surface area contributed by atoms with E-state index in [4.69, 9.17) is 0 Å². The summed E-state index contributed by atoms with van der Waals surface area (Å²) in [6.45, 7) is 3.20. The van der Waals surface area contributed by atoms with Crippen LogP contribution in [0.2, 0.25) is 0 Å². The van der Waals surface area contributed by atoms with Crippen molar-refractivity contribution in [3.63, 3.8) is 0 Å². The first-order valence-corrected chi connectivity index (χ1v) is 9.78. The summed E-state index contributed by atoms with van der Waals surface area (Å²) in [7, 11) is 0. The number of imidazole rings is 1. The van der Waals surface area contributed by atoms with E-state index in [0.29, 0.717) is 49.1 Å². The largest absolute Gasteiger partial charge is 0.354 e. The lowest BCUT2D eigenvalue weighted by atomic mass is 10.2. The zero-order valence-corrected chi connectivity index (χ0v) is 16.3. The fourth-order valence-corrected chi connectivity index (χ4v) is 3.54. The van der Waals surface area contributed by atoms with Gasteiger partial charge < -0.3 is 14.9 Å². The fraction of sp³-hybridized carbons (Fsp3) is 0.273. The number of benzene rings is 2. The van der Waals surface area contributed by atoms with E-state index in [9.17, 15) is 9.59 Å². The topological polar surface area (TPSA) is 92.7 Å². The van der Waals surface area contributed by atoms with E-state index in [1.165, 1.54) is 0 Å². The van der Waals surface area contributed by atoms with Crippen LogP contribution in [0.25, 0.3) is 21.9 Å². The number of hydrogen-bond acceptors (Lipinski definition) is 4. The zero-order chi connectivity index (χ0) is 20.2. The average Bonchev–Trinajstić information content (AvgIpc) is 3.03. The first kappa shape index (κ1) is 18.9. The van der Waals surface area contributed by atoms with Crippen molar-refractivity contribution in [2.24, 2.45) is 0 Å². The lowest BCUT2D eigenvalue weighted by molar-refractivity contribution is -0.121. The summed E-state index contributed by atoms with van der Waals surface area (Å²) in [6, 6.07) is 15.2. The van der Waals surface area contributed by atoms with Crippen molar-refractivity contribution < 1.29 is 4.79 Å². The maximum Gasteiger partial charge on any atom is 0.258 e. The number of H-pyrrole nitrogens is 1. The molecule has 0 aliphatic rings. The molecule has 2 aromatic carbocycles. The first-order chi connectivity index (χ1) is 14.1. The van der Waals surface area contributed by atoms with E-state index >= 15 is 0 Å². The lowest BCUT2D eigenvalue weighted by Gasteiger charge is -2.09. The summed E-state index contributed by atoms with van der Waals surface area (Å²) >= 11 is 0. The zero-order valence-electron chi connectivity index (χ0n) is 16.3. The maximum absolute atomic E-state index is 12.2. The van der Waals surface area contributed by atoms with Gasteiger partial charge in [0.2, 0.25) is 5.91 Å². The molecule has 4 aromatic rings. The molecule has 0 bridgehead atoms. The minimum absolute atomic E-state index is 0.00444. The molecular formula is C22H23N5O2. The normalized spacial score (nSPS) is 11.2. The molecule has 0 unspecified atom stereocenters. The molecule has 0 atom stereocenters. The fourth-order valence-electron chi connectivity index (χ4n) is 3.54. The van der Waals surface area contributed by atoms with Gasteiger partial charge in [-0.3, -0.25) is 9.59 Å². The van der Waals surface area contributed by atoms with Gasteiger partial charge in [-0.15, -0.1) is 0 Å². The highest BCUT2D eigenvalue weighted by Crippen LogP contribution is 2.14. The van der Waals surface area contributed by atoms with Gasteiger partial charge in [-0.1, -0.05) is 24.3 Å². The van der Waals surface area contributed by atoms with E-state index in [0.717, 1.165) is 16.9 Å². The Hall–Kier alpha value is -3.48. The Bertz CT molecular complexity index is 1220. The number of aromatic nitrogens is 4. The van der Waals surface area contributed by atoms with Crippen molar-refractivity contribution in [3.8, 4) is 0 Å². The lowest BCUT2D eigenvalue weighted by Crippen LogP contribution is -2.27. The molecule has 148 valence electrons. The Kier molecular flexibility index (Phi) is 5.37. The molecule has 2 N–H and O–H groups in total. The summed E-state index contributed by atoms with van der Waals surface area (Å²) in [5.41, 5.74) is 2.58. The summed E-state index contributed by atoms with van der Waals surface area (Å²) in [6.07, 6.45) is 1.57. The van der Waals surface area contributed by atoms with Gasteiger partial charge in [-0.25, -0.2) is 9.97 Å². The Balaban J connectivity index is 1.27. The van der Waals surface area contributed by atoms with Crippen molar-refractivity contribution in [2.45, 2.75) is 32.7 Å². The smallest absolute Gasteiger partial charge is 0.258 e. The molecule has 4 rings (SSSR count). The van der Waals surface area contributed by atoms with Gasteiger partial charge in [0.25, 0.3) is 5.56 Å². The van der Waals surface area contributed by atoms with Crippen LogP contribution in [-0.2, 0) is 17.8 Å². The van der Waals surface area contributed by atoms with E-state index < -0.39 is 0 Å². The van der Waals surface area contributed by atoms with Crippen LogP contribution >= 0.6 is 0 Å². The van der Waals surface area contributed by atoms with Crippen molar-refractivity contribution in [2.75, 3.05) is 6.54 Å². The Morgan fingerprint density at radius 1 is 1.07 bits per heavy atom. The van der Waals surface area contributed by atoms with Crippen LogP contribution in [-0.4, -0.2) is 32.0 Å². The van der Waals surface area contributed by atoms with Crippen molar-refractivity contribution in [3.05, 3.63) is 70.5 Å². The Labute approximate surface area is 167 Å². The minimum atomic E-state index is -0.141.